The van der Waals surface area contributed by atoms with Crippen molar-refractivity contribution in [2.45, 2.75) is 32.1 Å². The van der Waals surface area contributed by atoms with E-state index in [2.05, 4.69) is 24.9 Å². The molecule has 0 radical (unpaired) electrons. The Morgan fingerprint density at radius 3 is 2.62 bits per heavy atom. The molecule has 0 aromatic heterocycles. The topological polar surface area (TPSA) is 3.24 Å². The van der Waals surface area contributed by atoms with Crippen LogP contribution in [-0.4, -0.2) is 25.0 Å². The van der Waals surface area contributed by atoms with Crippen molar-refractivity contribution in [2.24, 2.45) is 0 Å². The molecule has 0 atom stereocenters. The van der Waals surface area contributed by atoms with E-state index < -0.39 is 0 Å². The zero-order chi connectivity index (χ0) is 11.5. The summed E-state index contributed by atoms with van der Waals surface area (Å²) in [4.78, 5) is 2.32. The Hall–Kier alpha value is -0.890. The van der Waals surface area contributed by atoms with Crippen molar-refractivity contribution in [3.8, 4) is 0 Å². The number of rotatable bonds is 2. The smallest absolute Gasteiger partial charge is 0.126 e. The van der Waals surface area contributed by atoms with Crippen molar-refractivity contribution in [3.05, 3.63) is 35.1 Å². The fourth-order valence-electron chi connectivity index (χ4n) is 2.64. The first kappa shape index (κ1) is 11.6. The van der Waals surface area contributed by atoms with Crippen molar-refractivity contribution in [1.29, 1.82) is 0 Å². The molecule has 0 aliphatic carbocycles. The van der Waals surface area contributed by atoms with E-state index in [9.17, 15) is 4.39 Å². The highest BCUT2D eigenvalue weighted by molar-refractivity contribution is 5.32. The summed E-state index contributed by atoms with van der Waals surface area (Å²) in [6, 6.07) is 5.50. The molecule has 0 unspecified atom stereocenters. The Morgan fingerprint density at radius 1 is 1.31 bits per heavy atom. The summed E-state index contributed by atoms with van der Waals surface area (Å²) >= 11 is 0. The van der Waals surface area contributed by atoms with E-state index in [4.69, 9.17) is 0 Å². The molecule has 1 aromatic carbocycles. The molecule has 16 heavy (non-hydrogen) atoms. The van der Waals surface area contributed by atoms with Crippen LogP contribution in [-0.2, 0) is 6.42 Å². The quantitative estimate of drug-likeness (QED) is 0.741. The van der Waals surface area contributed by atoms with Gasteiger partial charge in [-0.15, -0.1) is 0 Å². The Bertz CT molecular complexity index is 354. The van der Waals surface area contributed by atoms with E-state index in [1.165, 1.54) is 5.56 Å². The minimum atomic E-state index is -0.00565. The fraction of sp³-hybridized carbons (Fsp3) is 0.571. The number of nitrogens with zero attached hydrogens (tertiary/aromatic N) is 1. The van der Waals surface area contributed by atoms with Crippen LogP contribution in [0.25, 0.3) is 0 Å². The van der Waals surface area contributed by atoms with E-state index in [1.54, 1.807) is 6.07 Å². The second-order valence-corrected chi connectivity index (χ2v) is 4.74. The maximum Gasteiger partial charge on any atom is 0.126 e. The number of hydrogen-bond acceptors (Lipinski definition) is 1. The minimum Gasteiger partial charge on any atom is -0.306 e. The van der Waals surface area contributed by atoms with Crippen LogP contribution in [0.5, 0.6) is 0 Å². The molecule has 1 heterocycles. The van der Waals surface area contributed by atoms with Crippen LogP contribution in [0.1, 0.15) is 36.8 Å². The van der Waals surface area contributed by atoms with Gasteiger partial charge in [-0.3, -0.25) is 0 Å². The molecule has 1 saturated heterocycles. The summed E-state index contributed by atoms with van der Waals surface area (Å²) < 4.78 is 13.9. The highest BCUT2D eigenvalue weighted by Crippen LogP contribution is 2.32. The third-order valence-electron chi connectivity index (χ3n) is 3.65. The molecule has 2 heteroatoms. The van der Waals surface area contributed by atoms with E-state index in [0.29, 0.717) is 5.92 Å². The molecule has 0 amide bonds. The van der Waals surface area contributed by atoms with E-state index in [1.807, 2.05) is 6.07 Å². The summed E-state index contributed by atoms with van der Waals surface area (Å²) in [5, 5.41) is 0. The SMILES string of the molecule is CCc1cccc(F)c1C1CCN(C)CC1. The lowest BCUT2D eigenvalue weighted by molar-refractivity contribution is 0.252. The normalized spacial score (nSPS) is 18.9. The molecule has 0 N–H and O–H groups in total. The number of likely N-dealkylation sites (tertiary alicyclic amines) is 1. The van der Waals surface area contributed by atoms with Crippen LogP contribution in [0.2, 0.25) is 0 Å². The molecule has 2 rings (SSSR count). The summed E-state index contributed by atoms with van der Waals surface area (Å²) in [7, 11) is 2.14. The average Bonchev–Trinajstić information content (AvgIpc) is 2.30. The zero-order valence-corrected chi connectivity index (χ0v) is 10.2. The number of piperidine rings is 1. The maximum absolute atomic E-state index is 13.9. The number of benzene rings is 1. The molecule has 1 aromatic rings. The van der Waals surface area contributed by atoms with Gasteiger partial charge in [-0.05, 0) is 62.5 Å². The van der Waals surface area contributed by atoms with Gasteiger partial charge in [0.05, 0.1) is 0 Å². The Labute approximate surface area is 97.3 Å². The monoisotopic (exact) mass is 221 g/mol. The van der Waals surface area contributed by atoms with Crippen LogP contribution in [0, 0.1) is 5.82 Å². The Balaban J connectivity index is 2.25. The first-order valence-corrected chi connectivity index (χ1v) is 6.18. The first-order valence-electron chi connectivity index (χ1n) is 6.18. The molecule has 0 saturated carbocycles. The minimum absolute atomic E-state index is 0.00565. The Morgan fingerprint density at radius 2 is 2.00 bits per heavy atom. The molecule has 1 fully saturated rings. The van der Waals surface area contributed by atoms with E-state index in [-0.39, 0.29) is 5.82 Å². The van der Waals surface area contributed by atoms with Gasteiger partial charge in [0.15, 0.2) is 0 Å². The lowest BCUT2D eigenvalue weighted by atomic mass is 9.85. The van der Waals surface area contributed by atoms with Gasteiger partial charge in [0.2, 0.25) is 0 Å². The van der Waals surface area contributed by atoms with Crippen molar-refractivity contribution in [2.75, 3.05) is 20.1 Å². The van der Waals surface area contributed by atoms with Gasteiger partial charge in [0, 0.05) is 0 Å². The van der Waals surface area contributed by atoms with Crippen LogP contribution < -0.4 is 0 Å². The molecule has 0 spiro atoms. The van der Waals surface area contributed by atoms with Crippen molar-refractivity contribution >= 4 is 0 Å². The fourth-order valence-corrected chi connectivity index (χ4v) is 2.64. The summed E-state index contributed by atoms with van der Waals surface area (Å²) in [6.07, 6.45) is 3.11. The second-order valence-electron chi connectivity index (χ2n) is 4.74. The lowest BCUT2D eigenvalue weighted by Gasteiger charge is -2.30. The highest BCUT2D eigenvalue weighted by atomic mass is 19.1. The third kappa shape index (κ3) is 2.27. The van der Waals surface area contributed by atoms with E-state index >= 15 is 0 Å². The average molecular weight is 221 g/mol. The lowest BCUT2D eigenvalue weighted by Crippen LogP contribution is -2.29. The van der Waals surface area contributed by atoms with Gasteiger partial charge in [0.25, 0.3) is 0 Å². The molecular weight excluding hydrogens is 201 g/mol. The molecule has 0 bridgehead atoms. The van der Waals surface area contributed by atoms with Gasteiger partial charge < -0.3 is 4.90 Å². The first-order chi connectivity index (χ1) is 7.72. The standard InChI is InChI=1S/C14H20FN/c1-3-11-5-4-6-13(15)14(11)12-7-9-16(2)10-8-12/h4-6,12H,3,7-10H2,1-2H3. The molecule has 1 nitrogen and oxygen atoms in total. The van der Waals surface area contributed by atoms with Crippen molar-refractivity contribution < 1.29 is 4.39 Å². The summed E-state index contributed by atoms with van der Waals surface area (Å²) in [5.74, 6) is 0.418. The van der Waals surface area contributed by atoms with Crippen molar-refractivity contribution in [1.82, 2.24) is 4.90 Å². The van der Waals surface area contributed by atoms with Crippen LogP contribution >= 0.6 is 0 Å². The van der Waals surface area contributed by atoms with Gasteiger partial charge in [-0.25, -0.2) is 4.39 Å². The van der Waals surface area contributed by atoms with Gasteiger partial charge in [0.1, 0.15) is 5.82 Å². The van der Waals surface area contributed by atoms with Crippen LogP contribution in [0.4, 0.5) is 4.39 Å². The van der Waals surface area contributed by atoms with Crippen LogP contribution in [0.15, 0.2) is 18.2 Å². The summed E-state index contributed by atoms with van der Waals surface area (Å²) in [5.41, 5.74) is 2.17. The maximum atomic E-state index is 13.9. The highest BCUT2D eigenvalue weighted by Gasteiger charge is 2.22. The van der Waals surface area contributed by atoms with E-state index in [0.717, 1.165) is 37.9 Å². The summed E-state index contributed by atoms with van der Waals surface area (Å²) in [6.45, 7) is 4.28. The molecule has 88 valence electrons. The number of aryl methyl sites for hydroxylation is 1. The molecular formula is C14H20FN. The van der Waals surface area contributed by atoms with Gasteiger partial charge in [-0.2, -0.15) is 0 Å². The molecule has 1 aliphatic rings. The predicted molar refractivity (Wildman–Crippen MR) is 65.3 cm³/mol. The number of hydrogen-bond donors (Lipinski definition) is 0. The van der Waals surface area contributed by atoms with Gasteiger partial charge >= 0.3 is 0 Å². The van der Waals surface area contributed by atoms with Gasteiger partial charge in [-0.1, -0.05) is 19.1 Å². The van der Waals surface area contributed by atoms with Crippen LogP contribution in [0.3, 0.4) is 0 Å². The largest absolute Gasteiger partial charge is 0.306 e. The van der Waals surface area contributed by atoms with Crippen molar-refractivity contribution in [3.63, 3.8) is 0 Å². The third-order valence-corrected chi connectivity index (χ3v) is 3.65. The second kappa shape index (κ2) is 4.96. The Kier molecular flexibility index (Phi) is 3.59. The number of halogens is 1. The predicted octanol–water partition coefficient (Wildman–Crippen LogP) is 3.20. The zero-order valence-electron chi connectivity index (χ0n) is 10.2. The molecule has 1 aliphatic heterocycles.